The number of rotatable bonds is 4. The number of nitriles is 1. The molecule has 1 aromatic carbocycles. The number of amides is 1. The van der Waals surface area contributed by atoms with E-state index in [2.05, 4.69) is 21.1 Å². The average molecular weight is 438 g/mol. The van der Waals surface area contributed by atoms with Crippen molar-refractivity contribution in [3.05, 3.63) is 89.5 Å². The molecule has 10 nitrogen and oxygen atoms in total. The molecule has 1 aliphatic rings. The highest BCUT2D eigenvalue weighted by Gasteiger charge is 2.37. The molecule has 0 bridgehead atoms. The summed E-state index contributed by atoms with van der Waals surface area (Å²) in [7, 11) is 1.75. The van der Waals surface area contributed by atoms with E-state index in [0.29, 0.717) is 28.5 Å². The van der Waals surface area contributed by atoms with Gasteiger partial charge in [-0.3, -0.25) is 14.3 Å². The number of aromatic nitrogens is 5. The van der Waals surface area contributed by atoms with E-state index >= 15 is 0 Å². The lowest BCUT2D eigenvalue weighted by Gasteiger charge is -2.25. The predicted octanol–water partition coefficient (Wildman–Crippen LogP) is 1.98. The minimum atomic E-state index is -0.629. The van der Waals surface area contributed by atoms with E-state index < -0.39 is 11.8 Å². The summed E-state index contributed by atoms with van der Waals surface area (Å²) < 4.78 is 8.98. The number of imidazole rings is 1. The van der Waals surface area contributed by atoms with Crippen LogP contribution in [0.3, 0.4) is 0 Å². The molecule has 0 saturated carbocycles. The minimum Gasteiger partial charge on any atom is -0.422 e. The zero-order valence-electron chi connectivity index (χ0n) is 17.5. The number of allylic oxidation sites excluding steroid dienone is 1. The van der Waals surface area contributed by atoms with Gasteiger partial charge in [-0.2, -0.15) is 10.4 Å². The van der Waals surface area contributed by atoms with Crippen molar-refractivity contribution in [3.63, 3.8) is 0 Å². The van der Waals surface area contributed by atoms with E-state index in [0.717, 1.165) is 5.56 Å². The SMILES string of the molecule is Cn1nc(-c2ccccn2)c2c1OC(N)=C(C#N)C2c1ccc(-n2ccnc2C(N)=O)cc1. The maximum Gasteiger partial charge on any atom is 0.285 e. The molecular weight excluding hydrogens is 420 g/mol. The third-order valence-electron chi connectivity index (χ3n) is 5.47. The van der Waals surface area contributed by atoms with Gasteiger partial charge in [0, 0.05) is 31.3 Å². The Morgan fingerprint density at radius 1 is 1.15 bits per heavy atom. The van der Waals surface area contributed by atoms with Crippen LogP contribution in [0.2, 0.25) is 0 Å². The molecule has 0 saturated heterocycles. The Kier molecular flexibility index (Phi) is 4.64. The molecule has 0 radical (unpaired) electrons. The predicted molar refractivity (Wildman–Crippen MR) is 118 cm³/mol. The fourth-order valence-corrected chi connectivity index (χ4v) is 4.02. The van der Waals surface area contributed by atoms with Crippen LogP contribution in [0.5, 0.6) is 5.88 Å². The third-order valence-corrected chi connectivity index (χ3v) is 5.47. The fraction of sp³-hybridized carbons (Fsp3) is 0.0870. The summed E-state index contributed by atoms with van der Waals surface area (Å²) in [6, 6.07) is 15.1. The summed E-state index contributed by atoms with van der Waals surface area (Å²) >= 11 is 0. The standard InChI is InChI=1S/C23H18N8O2/c1-30-23-18(19(29-30)16-4-2-3-9-27-16)17(15(12-24)21(26)33-23)13-5-7-14(8-6-13)31-11-10-28-22(31)20(25)32/h2-11,17H,26H2,1H3,(H2,25,32). The first-order valence-corrected chi connectivity index (χ1v) is 9.99. The number of hydrogen-bond donors (Lipinski definition) is 2. The quantitative estimate of drug-likeness (QED) is 0.494. The number of aryl methyl sites for hydroxylation is 1. The number of carbonyl (C=O) groups excluding carboxylic acids is 1. The zero-order chi connectivity index (χ0) is 23.1. The summed E-state index contributed by atoms with van der Waals surface area (Å²) in [5.41, 5.74) is 15.3. The molecule has 4 aromatic rings. The molecule has 33 heavy (non-hydrogen) atoms. The number of ether oxygens (including phenoxy) is 1. The third kappa shape index (κ3) is 3.19. The average Bonchev–Trinajstić information content (AvgIpc) is 3.44. The van der Waals surface area contributed by atoms with Crippen molar-refractivity contribution < 1.29 is 9.53 Å². The van der Waals surface area contributed by atoms with Crippen molar-refractivity contribution in [2.24, 2.45) is 18.5 Å². The Hall–Kier alpha value is -4.91. The lowest BCUT2D eigenvalue weighted by Crippen LogP contribution is -2.22. The molecule has 4 heterocycles. The lowest BCUT2D eigenvalue weighted by molar-refractivity contribution is 0.0989. The lowest BCUT2D eigenvalue weighted by atomic mass is 9.83. The Balaban J connectivity index is 1.66. The highest BCUT2D eigenvalue weighted by Crippen LogP contribution is 2.46. The van der Waals surface area contributed by atoms with Gasteiger partial charge in [0.15, 0.2) is 0 Å². The molecule has 0 aliphatic carbocycles. The molecule has 0 fully saturated rings. The number of primary amides is 1. The van der Waals surface area contributed by atoms with Gasteiger partial charge < -0.3 is 16.2 Å². The Bertz CT molecular complexity index is 1440. The highest BCUT2D eigenvalue weighted by molar-refractivity contribution is 5.89. The van der Waals surface area contributed by atoms with E-state index in [1.807, 2.05) is 42.5 Å². The Morgan fingerprint density at radius 3 is 2.61 bits per heavy atom. The number of pyridine rings is 1. The van der Waals surface area contributed by atoms with Crippen LogP contribution in [0.15, 0.2) is 72.5 Å². The van der Waals surface area contributed by atoms with Gasteiger partial charge in [-0.25, -0.2) is 9.67 Å². The van der Waals surface area contributed by atoms with Crippen LogP contribution in [0.1, 0.15) is 27.7 Å². The number of carbonyl (C=O) groups is 1. The fourth-order valence-electron chi connectivity index (χ4n) is 4.02. The van der Waals surface area contributed by atoms with E-state index in [1.165, 1.54) is 6.20 Å². The second-order valence-electron chi connectivity index (χ2n) is 7.41. The van der Waals surface area contributed by atoms with Gasteiger partial charge in [0.1, 0.15) is 17.3 Å². The van der Waals surface area contributed by atoms with Crippen LogP contribution in [0.4, 0.5) is 0 Å². The summed E-state index contributed by atoms with van der Waals surface area (Å²) in [4.78, 5) is 20.1. The topological polar surface area (TPSA) is 151 Å². The van der Waals surface area contributed by atoms with Crippen molar-refractivity contribution >= 4 is 5.91 Å². The largest absolute Gasteiger partial charge is 0.422 e. The smallest absolute Gasteiger partial charge is 0.285 e. The number of nitrogens with zero attached hydrogens (tertiary/aromatic N) is 6. The first-order chi connectivity index (χ1) is 16.0. The van der Waals surface area contributed by atoms with E-state index in [9.17, 15) is 10.1 Å². The van der Waals surface area contributed by atoms with Crippen molar-refractivity contribution in [1.29, 1.82) is 5.26 Å². The highest BCUT2D eigenvalue weighted by atomic mass is 16.5. The van der Waals surface area contributed by atoms with Gasteiger partial charge in [-0.1, -0.05) is 18.2 Å². The molecule has 162 valence electrons. The summed E-state index contributed by atoms with van der Waals surface area (Å²) in [6.45, 7) is 0. The molecular formula is C23H18N8O2. The monoisotopic (exact) mass is 438 g/mol. The normalized spacial score (nSPS) is 15.0. The molecule has 1 atom stereocenters. The number of hydrogen-bond acceptors (Lipinski definition) is 7. The molecule has 0 spiro atoms. The number of benzene rings is 1. The second kappa shape index (κ2) is 7.65. The van der Waals surface area contributed by atoms with Gasteiger partial charge >= 0.3 is 0 Å². The van der Waals surface area contributed by atoms with Crippen molar-refractivity contribution in [1.82, 2.24) is 24.3 Å². The molecule has 1 amide bonds. The maximum absolute atomic E-state index is 11.7. The van der Waals surface area contributed by atoms with Gasteiger partial charge in [0.05, 0.1) is 17.2 Å². The Labute approximate surface area is 188 Å². The zero-order valence-corrected chi connectivity index (χ0v) is 17.5. The summed E-state index contributed by atoms with van der Waals surface area (Å²) in [6.07, 6.45) is 4.84. The van der Waals surface area contributed by atoms with Crippen LogP contribution < -0.4 is 16.2 Å². The van der Waals surface area contributed by atoms with Crippen LogP contribution in [-0.4, -0.2) is 30.2 Å². The first kappa shape index (κ1) is 20.0. The van der Waals surface area contributed by atoms with Gasteiger partial charge in [0.2, 0.25) is 17.6 Å². The molecule has 10 heteroatoms. The molecule has 5 rings (SSSR count). The Morgan fingerprint density at radius 2 is 1.94 bits per heavy atom. The van der Waals surface area contributed by atoms with Crippen LogP contribution in [-0.2, 0) is 7.05 Å². The summed E-state index contributed by atoms with van der Waals surface area (Å²) in [5.74, 6) is -0.539. The van der Waals surface area contributed by atoms with Crippen molar-refractivity contribution in [2.75, 3.05) is 0 Å². The van der Waals surface area contributed by atoms with Crippen molar-refractivity contribution in [2.45, 2.75) is 5.92 Å². The van der Waals surface area contributed by atoms with E-state index in [1.54, 1.807) is 28.7 Å². The number of nitrogens with two attached hydrogens (primary N) is 2. The number of fused-ring (bicyclic) bond motifs is 1. The van der Waals surface area contributed by atoms with E-state index in [4.69, 9.17) is 16.2 Å². The van der Waals surface area contributed by atoms with Gasteiger partial charge in [0.25, 0.3) is 5.91 Å². The van der Waals surface area contributed by atoms with Gasteiger partial charge in [-0.15, -0.1) is 0 Å². The molecule has 1 unspecified atom stereocenters. The minimum absolute atomic E-state index is 0.0280. The molecule has 1 aliphatic heterocycles. The maximum atomic E-state index is 11.7. The van der Waals surface area contributed by atoms with Crippen molar-refractivity contribution in [3.8, 4) is 29.0 Å². The van der Waals surface area contributed by atoms with Crippen LogP contribution in [0, 0.1) is 11.3 Å². The molecule has 3 aromatic heterocycles. The van der Waals surface area contributed by atoms with E-state index in [-0.39, 0.29) is 17.3 Å². The summed E-state index contributed by atoms with van der Waals surface area (Å²) in [5, 5.41) is 14.5. The molecule has 4 N–H and O–H groups in total. The first-order valence-electron chi connectivity index (χ1n) is 9.99. The van der Waals surface area contributed by atoms with Gasteiger partial charge in [-0.05, 0) is 29.8 Å². The van der Waals surface area contributed by atoms with Crippen LogP contribution >= 0.6 is 0 Å². The van der Waals surface area contributed by atoms with Crippen LogP contribution in [0.25, 0.3) is 17.1 Å². The second-order valence-corrected chi connectivity index (χ2v) is 7.41.